The molecule has 1 aromatic carbocycles. The maximum absolute atomic E-state index is 13.6. The molecular formula is C17H28FNO2. The van der Waals surface area contributed by atoms with Gasteiger partial charge in [-0.3, -0.25) is 0 Å². The van der Waals surface area contributed by atoms with E-state index in [9.17, 15) is 9.50 Å². The third kappa shape index (κ3) is 5.64. The van der Waals surface area contributed by atoms with Crippen LogP contribution in [-0.4, -0.2) is 30.4 Å². The summed E-state index contributed by atoms with van der Waals surface area (Å²) in [5.74, 6) is -0.0174. The molecule has 0 heterocycles. The molecule has 2 N–H and O–H groups in total. The van der Waals surface area contributed by atoms with Crippen LogP contribution in [0.1, 0.15) is 45.1 Å². The van der Waals surface area contributed by atoms with Crippen LogP contribution in [0.2, 0.25) is 0 Å². The van der Waals surface area contributed by atoms with E-state index in [1.807, 2.05) is 6.92 Å². The maximum atomic E-state index is 13.6. The third-order valence-corrected chi connectivity index (χ3v) is 3.87. The Morgan fingerprint density at radius 1 is 1.33 bits per heavy atom. The fraction of sp³-hybridized carbons (Fsp3) is 0.647. The van der Waals surface area contributed by atoms with E-state index in [1.54, 1.807) is 12.1 Å². The summed E-state index contributed by atoms with van der Waals surface area (Å²) in [5, 5.41) is 13.1. The Labute approximate surface area is 127 Å². The fourth-order valence-electron chi connectivity index (χ4n) is 2.34. The second-order valence-corrected chi connectivity index (χ2v) is 5.60. The minimum absolute atomic E-state index is 0.113. The van der Waals surface area contributed by atoms with Crippen molar-refractivity contribution in [3.05, 3.63) is 29.6 Å². The van der Waals surface area contributed by atoms with Gasteiger partial charge in [-0.25, -0.2) is 4.39 Å². The van der Waals surface area contributed by atoms with E-state index in [2.05, 4.69) is 19.2 Å². The van der Waals surface area contributed by atoms with E-state index in [4.69, 9.17) is 4.74 Å². The quantitative estimate of drug-likeness (QED) is 0.650. The van der Waals surface area contributed by atoms with Gasteiger partial charge in [-0.15, -0.1) is 0 Å². The number of aliphatic hydroxyl groups excluding tert-OH is 1. The van der Waals surface area contributed by atoms with E-state index >= 15 is 0 Å². The average Bonchev–Trinajstić information content (AvgIpc) is 2.50. The average molecular weight is 297 g/mol. The third-order valence-electron chi connectivity index (χ3n) is 3.87. The zero-order valence-corrected chi connectivity index (χ0v) is 13.4. The van der Waals surface area contributed by atoms with Gasteiger partial charge in [0, 0.05) is 5.54 Å². The van der Waals surface area contributed by atoms with E-state index < -0.39 is 0 Å². The summed E-state index contributed by atoms with van der Waals surface area (Å²) in [6.45, 7) is 7.54. The first-order chi connectivity index (χ1) is 10.1. The number of aliphatic hydroxyl groups is 1. The van der Waals surface area contributed by atoms with Crippen LogP contribution in [0.15, 0.2) is 18.2 Å². The van der Waals surface area contributed by atoms with Crippen LogP contribution >= 0.6 is 0 Å². The van der Waals surface area contributed by atoms with Crippen LogP contribution in [0.3, 0.4) is 0 Å². The second-order valence-electron chi connectivity index (χ2n) is 5.60. The summed E-state index contributed by atoms with van der Waals surface area (Å²) in [6, 6.07) is 4.87. The summed E-state index contributed by atoms with van der Waals surface area (Å²) in [5.41, 5.74) is 0.735. The van der Waals surface area contributed by atoms with Crippen molar-refractivity contribution in [2.75, 3.05) is 19.8 Å². The smallest absolute Gasteiger partial charge is 0.165 e. The first-order valence-electron chi connectivity index (χ1n) is 7.81. The molecule has 0 amide bonds. The minimum Gasteiger partial charge on any atom is -0.491 e. The van der Waals surface area contributed by atoms with Crippen LogP contribution in [-0.2, 0) is 0 Å². The SMILES string of the molecule is CCCNC(CC)(CO)CCCOc1cc(C)ccc1F. The highest BCUT2D eigenvalue weighted by Crippen LogP contribution is 2.20. The first kappa shape index (κ1) is 17.9. The molecule has 0 aliphatic heterocycles. The molecule has 1 rings (SSSR count). The zero-order chi connectivity index (χ0) is 15.7. The van der Waals surface area contributed by atoms with Gasteiger partial charge in [0.15, 0.2) is 11.6 Å². The Kier molecular flexibility index (Phi) is 7.68. The van der Waals surface area contributed by atoms with Crippen LogP contribution in [0.5, 0.6) is 5.75 Å². The monoisotopic (exact) mass is 297 g/mol. The predicted molar refractivity (Wildman–Crippen MR) is 84.3 cm³/mol. The van der Waals surface area contributed by atoms with Crippen molar-refractivity contribution < 1.29 is 14.2 Å². The van der Waals surface area contributed by atoms with Gasteiger partial charge in [0.05, 0.1) is 13.2 Å². The van der Waals surface area contributed by atoms with Gasteiger partial charge in [-0.1, -0.05) is 19.9 Å². The highest BCUT2D eigenvalue weighted by Gasteiger charge is 2.25. The lowest BCUT2D eigenvalue weighted by atomic mass is 9.91. The molecule has 1 unspecified atom stereocenters. The summed E-state index contributed by atoms with van der Waals surface area (Å²) < 4.78 is 19.1. The summed E-state index contributed by atoms with van der Waals surface area (Å²) in [6.07, 6.45) is 3.49. The number of halogens is 1. The van der Waals surface area contributed by atoms with Crippen LogP contribution in [0, 0.1) is 12.7 Å². The van der Waals surface area contributed by atoms with Crippen molar-refractivity contribution >= 4 is 0 Å². The Bertz CT molecular complexity index is 419. The maximum Gasteiger partial charge on any atom is 0.165 e. The normalized spacial score (nSPS) is 14.0. The van der Waals surface area contributed by atoms with E-state index in [0.29, 0.717) is 12.4 Å². The van der Waals surface area contributed by atoms with Gasteiger partial charge < -0.3 is 15.2 Å². The molecule has 0 radical (unpaired) electrons. The molecule has 120 valence electrons. The fourth-order valence-corrected chi connectivity index (χ4v) is 2.34. The number of aryl methyl sites for hydroxylation is 1. The van der Waals surface area contributed by atoms with Crippen LogP contribution < -0.4 is 10.1 Å². The van der Waals surface area contributed by atoms with Gasteiger partial charge in [0.25, 0.3) is 0 Å². The molecule has 0 saturated carbocycles. The van der Waals surface area contributed by atoms with Gasteiger partial charge in [-0.05, 0) is 56.8 Å². The van der Waals surface area contributed by atoms with Gasteiger partial charge in [-0.2, -0.15) is 0 Å². The lowest BCUT2D eigenvalue weighted by Crippen LogP contribution is -2.48. The molecule has 0 fully saturated rings. The van der Waals surface area contributed by atoms with Crippen molar-refractivity contribution in [2.24, 2.45) is 0 Å². The standard InChI is InChI=1S/C17H28FNO2/c1-4-10-19-17(5-2,13-20)9-6-11-21-16-12-14(3)7-8-15(16)18/h7-8,12,19-20H,4-6,9-11,13H2,1-3H3. The Morgan fingerprint density at radius 3 is 2.71 bits per heavy atom. The molecule has 1 atom stereocenters. The van der Waals surface area contributed by atoms with E-state index in [0.717, 1.165) is 37.8 Å². The van der Waals surface area contributed by atoms with Gasteiger partial charge in [0.1, 0.15) is 0 Å². The number of hydrogen-bond donors (Lipinski definition) is 2. The van der Waals surface area contributed by atoms with Crippen molar-refractivity contribution in [2.45, 2.75) is 52.0 Å². The summed E-state index contributed by atoms with van der Waals surface area (Å²) >= 11 is 0. The molecule has 0 saturated heterocycles. The molecule has 0 bridgehead atoms. The topological polar surface area (TPSA) is 41.5 Å². The highest BCUT2D eigenvalue weighted by atomic mass is 19.1. The molecule has 0 spiro atoms. The molecule has 1 aromatic rings. The lowest BCUT2D eigenvalue weighted by Gasteiger charge is -2.32. The van der Waals surface area contributed by atoms with Crippen LogP contribution in [0.4, 0.5) is 4.39 Å². The largest absolute Gasteiger partial charge is 0.491 e. The minimum atomic E-state index is -0.325. The van der Waals surface area contributed by atoms with Crippen molar-refractivity contribution in [3.63, 3.8) is 0 Å². The Hall–Kier alpha value is -1.13. The molecule has 4 heteroatoms. The molecule has 0 aliphatic rings. The number of hydrogen-bond acceptors (Lipinski definition) is 3. The van der Waals surface area contributed by atoms with Gasteiger partial charge >= 0.3 is 0 Å². The molecular weight excluding hydrogens is 269 g/mol. The van der Waals surface area contributed by atoms with Crippen molar-refractivity contribution in [3.8, 4) is 5.75 Å². The Balaban J connectivity index is 2.45. The zero-order valence-electron chi connectivity index (χ0n) is 13.4. The molecule has 0 aliphatic carbocycles. The summed E-state index contributed by atoms with van der Waals surface area (Å²) in [7, 11) is 0. The molecule has 3 nitrogen and oxygen atoms in total. The summed E-state index contributed by atoms with van der Waals surface area (Å²) in [4.78, 5) is 0. The number of nitrogens with one attached hydrogen (secondary N) is 1. The molecule has 21 heavy (non-hydrogen) atoms. The van der Waals surface area contributed by atoms with Crippen LogP contribution in [0.25, 0.3) is 0 Å². The van der Waals surface area contributed by atoms with Gasteiger partial charge in [0.2, 0.25) is 0 Å². The lowest BCUT2D eigenvalue weighted by molar-refractivity contribution is 0.137. The number of rotatable bonds is 10. The number of ether oxygens (including phenoxy) is 1. The van der Waals surface area contributed by atoms with E-state index in [1.165, 1.54) is 6.07 Å². The molecule has 0 aromatic heterocycles. The van der Waals surface area contributed by atoms with E-state index in [-0.39, 0.29) is 18.0 Å². The number of benzene rings is 1. The first-order valence-corrected chi connectivity index (χ1v) is 7.81. The highest BCUT2D eigenvalue weighted by molar-refractivity contribution is 5.29. The van der Waals surface area contributed by atoms with Crippen molar-refractivity contribution in [1.82, 2.24) is 5.32 Å². The Morgan fingerprint density at radius 2 is 2.10 bits per heavy atom. The van der Waals surface area contributed by atoms with Crippen molar-refractivity contribution in [1.29, 1.82) is 0 Å². The predicted octanol–water partition coefficient (Wildman–Crippen LogP) is 3.43. The second kappa shape index (κ2) is 9.00.